The zero-order chi connectivity index (χ0) is 19.5. The Hall–Kier alpha value is -2.18. The zero-order valence-corrected chi connectivity index (χ0v) is 17.4. The lowest BCUT2D eigenvalue weighted by Crippen LogP contribution is -2.47. The summed E-state index contributed by atoms with van der Waals surface area (Å²) >= 11 is 0. The predicted molar refractivity (Wildman–Crippen MR) is 115 cm³/mol. The van der Waals surface area contributed by atoms with Crippen LogP contribution in [-0.4, -0.2) is 79.2 Å². The van der Waals surface area contributed by atoms with Gasteiger partial charge in [0.2, 0.25) is 5.95 Å². The van der Waals surface area contributed by atoms with E-state index in [-0.39, 0.29) is 0 Å². The van der Waals surface area contributed by atoms with Crippen molar-refractivity contribution >= 4 is 11.8 Å². The zero-order valence-electron chi connectivity index (χ0n) is 17.4. The third kappa shape index (κ3) is 4.62. The molecule has 1 aromatic heterocycles. The quantitative estimate of drug-likeness (QED) is 0.809. The maximum absolute atomic E-state index is 4.93. The number of hydrogen-bond donors (Lipinski definition) is 0. The Morgan fingerprint density at radius 2 is 1.54 bits per heavy atom. The molecular formula is C22H32N6. The van der Waals surface area contributed by atoms with E-state index < -0.39 is 0 Å². The minimum absolute atomic E-state index is 0.894. The van der Waals surface area contributed by atoms with E-state index in [2.05, 4.69) is 70.8 Å². The second-order valence-electron chi connectivity index (χ2n) is 8.21. The largest absolute Gasteiger partial charge is 0.354 e. The molecule has 0 saturated carbocycles. The van der Waals surface area contributed by atoms with Crippen molar-refractivity contribution in [2.75, 3.05) is 69.2 Å². The van der Waals surface area contributed by atoms with Crippen LogP contribution in [-0.2, 0) is 6.54 Å². The number of aryl methyl sites for hydroxylation is 2. The first kappa shape index (κ1) is 19.2. The fourth-order valence-electron chi connectivity index (χ4n) is 4.05. The first-order chi connectivity index (χ1) is 13.6. The maximum Gasteiger partial charge on any atom is 0.227 e. The average molecular weight is 381 g/mol. The standard InChI is InChI=1S/C22H32N6/c1-18-5-4-6-20(15-18)17-26-9-13-27(14-10-26)21-16-19(2)23-22(24-21)28-11-7-25(3)8-12-28/h4-6,15-16H,7-14,17H2,1-3H3. The number of likely N-dealkylation sites (N-methyl/N-ethyl adjacent to an activating group) is 1. The highest BCUT2D eigenvalue weighted by molar-refractivity contribution is 5.46. The third-order valence-electron chi connectivity index (χ3n) is 5.80. The highest BCUT2D eigenvalue weighted by atomic mass is 15.3. The summed E-state index contributed by atoms with van der Waals surface area (Å²) in [5.74, 6) is 1.97. The Bertz CT molecular complexity index is 791. The smallest absolute Gasteiger partial charge is 0.227 e. The van der Waals surface area contributed by atoms with Gasteiger partial charge in [-0.3, -0.25) is 4.90 Å². The fraction of sp³-hybridized carbons (Fsp3) is 0.545. The van der Waals surface area contributed by atoms with E-state index in [4.69, 9.17) is 9.97 Å². The van der Waals surface area contributed by atoms with Gasteiger partial charge in [0.1, 0.15) is 5.82 Å². The third-order valence-corrected chi connectivity index (χ3v) is 5.80. The minimum Gasteiger partial charge on any atom is -0.354 e. The second kappa shape index (κ2) is 8.45. The van der Waals surface area contributed by atoms with Crippen molar-refractivity contribution in [3.63, 3.8) is 0 Å². The van der Waals surface area contributed by atoms with Crippen LogP contribution in [0.3, 0.4) is 0 Å². The van der Waals surface area contributed by atoms with Gasteiger partial charge in [0.15, 0.2) is 0 Å². The molecule has 0 bridgehead atoms. The van der Waals surface area contributed by atoms with Crippen LogP contribution in [0.25, 0.3) is 0 Å². The molecular weight excluding hydrogens is 348 g/mol. The van der Waals surface area contributed by atoms with Crippen LogP contribution >= 0.6 is 0 Å². The number of rotatable bonds is 4. The van der Waals surface area contributed by atoms with Crippen molar-refractivity contribution < 1.29 is 0 Å². The molecule has 0 unspecified atom stereocenters. The lowest BCUT2D eigenvalue weighted by Gasteiger charge is -2.36. The number of piperazine rings is 2. The molecule has 2 aliphatic rings. The van der Waals surface area contributed by atoms with E-state index >= 15 is 0 Å². The molecule has 0 N–H and O–H groups in total. The molecule has 2 aromatic rings. The normalized spacial score (nSPS) is 19.2. The molecule has 6 nitrogen and oxygen atoms in total. The Morgan fingerprint density at radius 3 is 2.25 bits per heavy atom. The van der Waals surface area contributed by atoms with E-state index in [0.717, 1.165) is 76.4 Å². The monoisotopic (exact) mass is 380 g/mol. The topological polar surface area (TPSA) is 38.7 Å². The molecule has 3 heterocycles. The summed E-state index contributed by atoms with van der Waals surface area (Å²) in [5.41, 5.74) is 3.80. The molecule has 0 atom stereocenters. The van der Waals surface area contributed by atoms with Gasteiger partial charge in [-0.25, -0.2) is 4.98 Å². The van der Waals surface area contributed by atoms with Gasteiger partial charge < -0.3 is 14.7 Å². The number of hydrogen-bond acceptors (Lipinski definition) is 6. The lowest BCUT2D eigenvalue weighted by atomic mass is 10.1. The van der Waals surface area contributed by atoms with E-state index in [1.54, 1.807) is 0 Å². The van der Waals surface area contributed by atoms with Gasteiger partial charge in [-0.15, -0.1) is 0 Å². The van der Waals surface area contributed by atoms with Crippen LogP contribution in [0.1, 0.15) is 16.8 Å². The van der Waals surface area contributed by atoms with Crippen LogP contribution in [0.4, 0.5) is 11.8 Å². The Balaban J connectivity index is 1.39. The number of aromatic nitrogens is 2. The summed E-state index contributed by atoms with van der Waals surface area (Å²) in [5, 5.41) is 0. The van der Waals surface area contributed by atoms with Crippen LogP contribution in [0.15, 0.2) is 30.3 Å². The number of benzene rings is 1. The van der Waals surface area contributed by atoms with Gasteiger partial charge in [0, 0.05) is 70.7 Å². The summed E-state index contributed by atoms with van der Waals surface area (Å²) in [7, 11) is 2.18. The molecule has 6 heteroatoms. The average Bonchev–Trinajstić information content (AvgIpc) is 2.69. The van der Waals surface area contributed by atoms with Crippen molar-refractivity contribution in [3.8, 4) is 0 Å². The summed E-state index contributed by atoms with van der Waals surface area (Å²) in [6, 6.07) is 11.0. The van der Waals surface area contributed by atoms with Gasteiger partial charge in [-0.1, -0.05) is 29.8 Å². The summed E-state index contributed by atoms with van der Waals surface area (Å²) in [6.45, 7) is 13.6. The molecule has 28 heavy (non-hydrogen) atoms. The number of nitrogens with zero attached hydrogens (tertiary/aromatic N) is 6. The molecule has 1 aromatic carbocycles. The Morgan fingerprint density at radius 1 is 0.821 bits per heavy atom. The lowest BCUT2D eigenvalue weighted by molar-refractivity contribution is 0.249. The highest BCUT2D eigenvalue weighted by Gasteiger charge is 2.21. The van der Waals surface area contributed by atoms with E-state index in [1.807, 2.05) is 0 Å². The van der Waals surface area contributed by atoms with Crippen molar-refractivity contribution in [3.05, 3.63) is 47.2 Å². The van der Waals surface area contributed by atoms with Gasteiger partial charge in [0.25, 0.3) is 0 Å². The molecule has 2 fully saturated rings. The van der Waals surface area contributed by atoms with E-state index in [9.17, 15) is 0 Å². The molecule has 0 amide bonds. The molecule has 0 aliphatic carbocycles. The van der Waals surface area contributed by atoms with Crippen molar-refractivity contribution in [1.82, 2.24) is 19.8 Å². The first-order valence-electron chi connectivity index (χ1n) is 10.4. The van der Waals surface area contributed by atoms with Crippen LogP contribution in [0.5, 0.6) is 0 Å². The minimum atomic E-state index is 0.894. The Labute approximate surface area is 168 Å². The van der Waals surface area contributed by atoms with Gasteiger partial charge in [-0.05, 0) is 26.5 Å². The van der Waals surface area contributed by atoms with Gasteiger partial charge in [0.05, 0.1) is 0 Å². The van der Waals surface area contributed by atoms with Crippen LogP contribution < -0.4 is 9.80 Å². The molecule has 4 rings (SSSR count). The van der Waals surface area contributed by atoms with Crippen molar-refractivity contribution in [2.24, 2.45) is 0 Å². The SMILES string of the molecule is Cc1cccc(CN2CCN(c3cc(C)nc(N4CCN(C)CC4)n3)CC2)c1. The first-order valence-corrected chi connectivity index (χ1v) is 10.4. The summed E-state index contributed by atoms with van der Waals surface area (Å²) in [6.07, 6.45) is 0. The fourth-order valence-corrected chi connectivity index (χ4v) is 4.05. The summed E-state index contributed by atoms with van der Waals surface area (Å²) in [4.78, 5) is 19.3. The van der Waals surface area contributed by atoms with E-state index in [0.29, 0.717) is 0 Å². The number of anilines is 2. The Kier molecular flexibility index (Phi) is 5.78. The van der Waals surface area contributed by atoms with Gasteiger partial charge in [-0.2, -0.15) is 4.98 Å². The molecule has 2 saturated heterocycles. The van der Waals surface area contributed by atoms with Crippen LogP contribution in [0, 0.1) is 13.8 Å². The predicted octanol–water partition coefficient (Wildman–Crippen LogP) is 2.17. The van der Waals surface area contributed by atoms with Gasteiger partial charge >= 0.3 is 0 Å². The molecule has 0 radical (unpaired) electrons. The molecule has 150 valence electrons. The van der Waals surface area contributed by atoms with Crippen molar-refractivity contribution in [1.29, 1.82) is 0 Å². The van der Waals surface area contributed by atoms with Crippen molar-refractivity contribution in [2.45, 2.75) is 20.4 Å². The highest BCUT2D eigenvalue weighted by Crippen LogP contribution is 2.20. The molecule has 2 aliphatic heterocycles. The second-order valence-corrected chi connectivity index (χ2v) is 8.21. The van der Waals surface area contributed by atoms with Crippen LogP contribution in [0.2, 0.25) is 0 Å². The molecule has 0 spiro atoms. The van der Waals surface area contributed by atoms with E-state index in [1.165, 1.54) is 11.1 Å². The summed E-state index contributed by atoms with van der Waals surface area (Å²) < 4.78 is 0. The maximum atomic E-state index is 4.93.